The van der Waals surface area contributed by atoms with Crippen molar-refractivity contribution in [1.82, 2.24) is 20.1 Å². The number of rotatable bonds is 4. The molecule has 2 heterocycles. The van der Waals surface area contributed by atoms with Gasteiger partial charge in [-0.15, -0.1) is 11.8 Å². The van der Waals surface area contributed by atoms with Crippen molar-refractivity contribution in [2.45, 2.75) is 4.90 Å². The van der Waals surface area contributed by atoms with E-state index in [2.05, 4.69) is 25.4 Å². The summed E-state index contributed by atoms with van der Waals surface area (Å²) in [4.78, 5) is 25.1. The highest BCUT2D eigenvalue weighted by molar-refractivity contribution is 7.98. The zero-order valence-corrected chi connectivity index (χ0v) is 12.4. The highest BCUT2D eigenvalue weighted by Gasteiger charge is 2.17. The Kier molecular flexibility index (Phi) is 4.10. The van der Waals surface area contributed by atoms with Crippen LogP contribution >= 0.6 is 11.8 Å². The zero-order valence-electron chi connectivity index (χ0n) is 11.6. The van der Waals surface area contributed by atoms with Gasteiger partial charge in [-0.1, -0.05) is 5.16 Å². The number of anilines is 1. The molecule has 0 saturated carbocycles. The van der Waals surface area contributed by atoms with Crippen LogP contribution in [0, 0.1) is 0 Å². The first kappa shape index (κ1) is 14.2. The van der Waals surface area contributed by atoms with Gasteiger partial charge in [0, 0.05) is 23.0 Å². The Hall–Kier alpha value is -2.74. The topological polar surface area (TPSA) is 93.8 Å². The van der Waals surface area contributed by atoms with E-state index in [1.54, 1.807) is 11.8 Å². The van der Waals surface area contributed by atoms with Gasteiger partial charge in [0.15, 0.2) is 0 Å². The molecule has 22 heavy (non-hydrogen) atoms. The smallest absolute Gasteiger partial charge is 0.316 e. The normalized spacial score (nSPS) is 10.4. The minimum Gasteiger partial charge on any atom is -0.328 e. The molecule has 0 fully saturated rings. The van der Waals surface area contributed by atoms with Crippen molar-refractivity contribution in [3.05, 3.63) is 48.7 Å². The van der Waals surface area contributed by atoms with E-state index in [9.17, 15) is 4.79 Å². The van der Waals surface area contributed by atoms with Gasteiger partial charge in [0.1, 0.15) is 5.69 Å². The summed E-state index contributed by atoms with van der Waals surface area (Å²) < 4.78 is 4.95. The molecule has 0 atom stereocenters. The number of aromatic nitrogens is 4. The summed E-state index contributed by atoms with van der Waals surface area (Å²) in [7, 11) is 0. The largest absolute Gasteiger partial charge is 0.328 e. The molecular weight excluding hydrogens is 302 g/mol. The van der Waals surface area contributed by atoms with Gasteiger partial charge in [-0.3, -0.25) is 9.78 Å². The molecule has 0 spiro atoms. The van der Waals surface area contributed by atoms with E-state index >= 15 is 0 Å². The Morgan fingerprint density at radius 2 is 2.05 bits per heavy atom. The van der Waals surface area contributed by atoms with Crippen LogP contribution in [0.4, 0.5) is 5.69 Å². The molecule has 110 valence electrons. The van der Waals surface area contributed by atoms with Gasteiger partial charge in [0.05, 0.1) is 6.20 Å². The molecule has 3 aromatic rings. The average Bonchev–Trinajstić information content (AvgIpc) is 3.06. The number of nitrogens with one attached hydrogen (secondary N) is 1. The Morgan fingerprint density at radius 3 is 2.73 bits per heavy atom. The van der Waals surface area contributed by atoms with E-state index in [1.165, 1.54) is 18.6 Å². The molecular formula is C14H11N5O2S. The first-order valence-electron chi connectivity index (χ1n) is 6.32. The standard InChI is InChI=1S/C14H11N5O2S/c1-22-10-4-2-9(3-5-10)17-13(20)14-18-12(19-21-14)11-8-15-6-7-16-11/h2-8H,1H3,(H,17,20). The summed E-state index contributed by atoms with van der Waals surface area (Å²) >= 11 is 1.63. The van der Waals surface area contributed by atoms with Crippen LogP contribution in [0.1, 0.15) is 10.7 Å². The molecule has 0 saturated heterocycles. The average molecular weight is 313 g/mol. The number of carbonyl (C=O) groups excluding carboxylic acids is 1. The summed E-state index contributed by atoms with van der Waals surface area (Å²) in [5, 5.41) is 6.42. The van der Waals surface area contributed by atoms with Crippen LogP contribution in [-0.4, -0.2) is 32.3 Å². The summed E-state index contributed by atoms with van der Waals surface area (Å²) in [5.74, 6) is -0.384. The van der Waals surface area contributed by atoms with E-state index in [1.807, 2.05) is 30.5 Å². The van der Waals surface area contributed by atoms with Crippen molar-refractivity contribution >= 4 is 23.4 Å². The molecule has 0 aliphatic rings. The van der Waals surface area contributed by atoms with Crippen LogP contribution in [-0.2, 0) is 0 Å². The molecule has 3 rings (SSSR count). The number of amides is 1. The quantitative estimate of drug-likeness (QED) is 0.739. The highest BCUT2D eigenvalue weighted by Crippen LogP contribution is 2.18. The Bertz CT molecular complexity index is 773. The first-order valence-corrected chi connectivity index (χ1v) is 7.54. The van der Waals surface area contributed by atoms with Crippen LogP contribution < -0.4 is 5.32 Å². The molecule has 1 amide bonds. The van der Waals surface area contributed by atoms with Crippen LogP contribution in [0.5, 0.6) is 0 Å². The number of thioether (sulfide) groups is 1. The lowest BCUT2D eigenvalue weighted by Gasteiger charge is -2.02. The second-order valence-corrected chi connectivity index (χ2v) is 5.08. The lowest BCUT2D eigenvalue weighted by Crippen LogP contribution is -2.12. The third-order valence-electron chi connectivity index (χ3n) is 2.76. The Labute approximate surface area is 130 Å². The molecule has 0 aliphatic heterocycles. The van der Waals surface area contributed by atoms with Gasteiger partial charge < -0.3 is 9.84 Å². The molecule has 8 heteroatoms. The molecule has 0 aliphatic carbocycles. The maximum absolute atomic E-state index is 12.1. The van der Waals surface area contributed by atoms with E-state index < -0.39 is 5.91 Å². The van der Waals surface area contributed by atoms with Crippen molar-refractivity contribution < 1.29 is 9.32 Å². The maximum atomic E-state index is 12.1. The van der Waals surface area contributed by atoms with Crippen LogP contribution in [0.15, 0.2) is 52.3 Å². The van der Waals surface area contributed by atoms with Gasteiger partial charge >= 0.3 is 11.8 Å². The van der Waals surface area contributed by atoms with Crippen molar-refractivity contribution in [3.8, 4) is 11.5 Å². The first-order chi connectivity index (χ1) is 10.8. The number of hydrogen-bond acceptors (Lipinski definition) is 7. The number of benzene rings is 1. The molecule has 7 nitrogen and oxygen atoms in total. The SMILES string of the molecule is CSc1ccc(NC(=O)c2nc(-c3cnccn3)no2)cc1. The number of carbonyl (C=O) groups is 1. The number of hydrogen-bond donors (Lipinski definition) is 1. The van der Waals surface area contributed by atoms with E-state index in [0.29, 0.717) is 11.4 Å². The Balaban J connectivity index is 1.74. The summed E-state index contributed by atoms with van der Waals surface area (Å²) in [6, 6.07) is 7.45. The fraction of sp³-hybridized carbons (Fsp3) is 0.0714. The number of nitrogens with zero attached hydrogens (tertiary/aromatic N) is 4. The second kappa shape index (κ2) is 6.35. The van der Waals surface area contributed by atoms with Gasteiger partial charge in [-0.05, 0) is 30.5 Å². The maximum Gasteiger partial charge on any atom is 0.316 e. The van der Waals surface area contributed by atoms with Crippen LogP contribution in [0.2, 0.25) is 0 Å². The minimum atomic E-state index is -0.473. The summed E-state index contributed by atoms with van der Waals surface area (Å²) in [6.07, 6.45) is 6.53. The van der Waals surface area contributed by atoms with Crippen LogP contribution in [0.3, 0.4) is 0 Å². The fourth-order valence-electron chi connectivity index (χ4n) is 1.69. The fourth-order valence-corrected chi connectivity index (χ4v) is 2.10. The predicted octanol–water partition coefficient (Wildman–Crippen LogP) is 2.50. The third-order valence-corrected chi connectivity index (χ3v) is 3.50. The van der Waals surface area contributed by atoms with Crippen LogP contribution in [0.25, 0.3) is 11.5 Å². The lowest BCUT2D eigenvalue weighted by molar-refractivity contribution is 0.0981. The van der Waals surface area contributed by atoms with E-state index in [0.717, 1.165) is 4.90 Å². The second-order valence-electron chi connectivity index (χ2n) is 4.20. The van der Waals surface area contributed by atoms with Crippen molar-refractivity contribution in [3.63, 3.8) is 0 Å². The molecule has 2 aromatic heterocycles. The molecule has 0 radical (unpaired) electrons. The monoisotopic (exact) mass is 313 g/mol. The molecule has 1 aromatic carbocycles. The van der Waals surface area contributed by atoms with Gasteiger partial charge in [-0.25, -0.2) is 4.98 Å². The molecule has 1 N–H and O–H groups in total. The lowest BCUT2D eigenvalue weighted by atomic mass is 10.3. The van der Waals surface area contributed by atoms with E-state index in [-0.39, 0.29) is 11.7 Å². The predicted molar refractivity (Wildman–Crippen MR) is 81.5 cm³/mol. The van der Waals surface area contributed by atoms with Gasteiger partial charge in [-0.2, -0.15) is 4.98 Å². The van der Waals surface area contributed by atoms with Gasteiger partial charge in [0.2, 0.25) is 5.82 Å². The molecule has 0 bridgehead atoms. The van der Waals surface area contributed by atoms with Crippen molar-refractivity contribution in [2.75, 3.05) is 11.6 Å². The summed E-state index contributed by atoms with van der Waals surface area (Å²) in [6.45, 7) is 0. The summed E-state index contributed by atoms with van der Waals surface area (Å²) in [5.41, 5.74) is 1.09. The molecule has 0 unspecified atom stereocenters. The van der Waals surface area contributed by atoms with Crippen molar-refractivity contribution in [1.29, 1.82) is 0 Å². The minimum absolute atomic E-state index is 0.130. The Morgan fingerprint density at radius 1 is 1.23 bits per heavy atom. The van der Waals surface area contributed by atoms with E-state index in [4.69, 9.17) is 4.52 Å². The third kappa shape index (κ3) is 3.12. The highest BCUT2D eigenvalue weighted by atomic mass is 32.2. The van der Waals surface area contributed by atoms with Crippen molar-refractivity contribution in [2.24, 2.45) is 0 Å². The zero-order chi connectivity index (χ0) is 15.4. The van der Waals surface area contributed by atoms with Gasteiger partial charge in [0.25, 0.3) is 0 Å².